The number of aliphatic hydroxyl groups is 1. The Morgan fingerprint density at radius 2 is 1.24 bits per heavy atom. The van der Waals surface area contributed by atoms with Gasteiger partial charge in [-0.05, 0) is 6.42 Å². The Labute approximate surface area is 153 Å². The predicted molar refractivity (Wildman–Crippen MR) is 89.0 cm³/mol. The van der Waals surface area contributed by atoms with Crippen LogP contribution in [0.15, 0.2) is 0 Å². The van der Waals surface area contributed by atoms with E-state index in [-0.39, 0.29) is 48.5 Å². The molecular weight excluding hydrogens is 299 g/mol. The average molecular weight is 331 g/mol. The Morgan fingerprint density at radius 3 is 1.67 bits per heavy atom. The van der Waals surface area contributed by atoms with E-state index in [9.17, 15) is 8.42 Å². The van der Waals surface area contributed by atoms with Gasteiger partial charge in [-0.15, -0.1) is 0 Å². The minimum absolute atomic E-state index is 0. The van der Waals surface area contributed by atoms with Crippen molar-refractivity contribution in [2.24, 2.45) is 0 Å². The van der Waals surface area contributed by atoms with E-state index in [0.717, 1.165) is 19.3 Å². The van der Waals surface area contributed by atoms with Gasteiger partial charge in [0.2, 0.25) is 0 Å². The first-order chi connectivity index (χ1) is 9.62. The summed E-state index contributed by atoms with van der Waals surface area (Å²) in [6, 6.07) is 0. The van der Waals surface area contributed by atoms with Crippen LogP contribution in [-0.4, -0.2) is 62.0 Å². The largest absolute Gasteiger partial charge is 0.395 e. The molecule has 0 bridgehead atoms. The molecule has 0 aromatic heterocycles. The van der Waals surface area contributed by atoms with Gasteiger partial charge in [0.25, 0.3) is 10.1 Å². The molecule has 6 heteroatoms. The molecule has 0 heterocycles. The van der Waals surface area contributed by atoms with Gasteiger partial charge < -0.3 is 5.11 Å². The van der Waals surface area contributed by atoms with E-state index < -0.39 is 10.1 Å². The van der Waals surface area contributed by atoms with E-state index in [1.165, 1.54) is 51.4 Å². The van der Waals surface area contributed by atoms with E-state index in [0.29, 0.717) is 0 Å². The molecule has 0 rings (SSSR count). The molecule has 0 aliphatic carbocycles. The molecule has 0 spiro atoms. The summed E-state index contributed by atoms with van der Waals surface area (Å²) in [7, 11) is -3.49. The third-order valence-electron chi connectivity index (χ3n) is 3.35. The quantitative estimate of drug-likeness (QED) is 0.284. The van der Waals surface area contributed by atoms with Gasteiger partial charge >= 0.3 is 0 Å². The second-order valence-electron chi connectivity index (χ2n) is 5.34. The molecule has 0 aromatic carbocycles. The normalized spacial score (nSPS) is 11.3. The molecule has 0 fully saturated rings. The van der Waals surface area contributed by atoms with E-state index in [1.807, 2.05) is 0 Å². The molecule has 123 valence electrons. The van der Waals surface area contributed by atoms with Crippen LogP contribution < -0.4 is 0 Å². The smallest absolute Gasteiger partial charge is 0.269 e. The summed E-state index contributed by atoms with van der Waals surface area (Å²) in [6.07, 6.45) is 13.5. The molecular formula is C15H32NaO4S. The van der Waals surface area contributed by atoms with Crippen molar-refractivity contribution in [2.75, 3.05) is 19.0 Å². The molecule has 0 amide bonds. The first kappa shape index (κ1) is 24.1. The van der Waals surface area contributed by atoms with Crippen molar-refractivity contribution in [2.45, 2.75) is 77.6 Å². The summed E-state index contributed by atoms with van der Waals surface area (Å²) in [5, 5.41) is 8.53. The van der Waals surface area contributed by atoms with Gasteiger partial charge in [0.1, 0.15) is 0 Å². The second-order valence-corrected chi connectivity index (χ2v) is 7.10. The van der Waals surface area contributed by atoms with Crippen molar-refractivity contribution in [1.82, 2.24) is 0 Å². The number of unbranched alkanes of at least 4 members (excludes halogenated alkanes) is 10. The molecule has 0 aromatic rings. The maximum Gasteiger partial charge on any atom is 0.269 e. The van der Waals surface area contributed by atoms with Crippen LogP contribution in [0.3, 0.4) is 0 Å². The van der Waals surface area contributed by atoms with Gasteiger partial charge in [-0.3, -0.25) is 4.18 Å². The van der Waals surface area contributed by atoms with Crippen LogP contribution in [0.25, 0.3) is 0 Å². The molecule has 0 aliphatic heterocycles. The first-order valence-corrected chi connectivity index (χ1v) is 9.68. The van der Waals surface area contributed by atoms with Crippen LogP contribution >= 0.6 is 0 Å². The maximum atomic E-state index is 11.1. The molecule has 4 nitrogen and oxygen atoms in total. The van der Waals surface area contributed by atoms with E-state index in [2.05, 4.69) is 6.92 Å². The van der Waals surface area contributed by atoms with Crippen LogP contribution in [0.1, 0.15) is 77.6 Å². The van der Waals surface area contributed by atoms with Crippen molar-refractivity contribution in [3.8, 4) is 0 Å². The minimum Gasteiger partial charge on any atom is -0.395 e. The molecule has 0 atom stereocenters. The fourth-order valence-electron chi connectivity index (χ4n) is 2.12. The zero-order chi connectivity index (χ0) is 15.1. The Morgan fingerprint density at radius 1 is 0.810 bits per heavy atom. The SMILES string of the molecule is CCCCCCCCCCCCCOS(=O)(=O)CCO.[Na]. The van der Waals surface area contributed by atoms with E-state index in [1.54, 1.807) is 0 Å². The van der Waals surface area contributed by atoms with Crippen molar-refractivity contribution < 1.29 is 17.7 Å². The van der Waals surface area contributed by atoms with E-state index >= 15 is 0 Å². The molecule has 0 aliphatic rings. The van der Waals surface area contributed by atoms with Gasteiger partial charge in [0.15, 0.2) is 0 Å². The number of hydrogen-bond acceptors (Lipinski definition) is 4. The van der Waals surface area contributed by atoms with Gasteiger partial charge in [-0.25, -0.2) is 0 Å². The zero-order valence-corrected chi connectivity index (χ0v) is 16.8. The molecule has 0 saturated carbocycles. The molecule has 1 radical (unpaired) electrons. The summed E-state index contributed by atoms with van der Waals surface area (Å²) < 4.78 is 27.0. The van der Waals surface area contributed by atoms with Gasteiger partial charge in [-0.1, -0.05) is 71.1 Å². The minimum atomic E-state index is -3.49. The summed E-state index contributed by atoms with van der Waals surface area (Å²) in [6.45, 7) is 2.11. The van der Waals surface area contributed by atoms with Gasteiger partial charge in [-0.2, -0.15) is 8.42 Å². The van der Waals surface area contributed by atoms with Crippen LogP contribution in [0, 0.1) is 0 Å². The maximum absolute atomic E-state index is 11.1. The topological polar surface area (TPSA) is 63.6 Å². The van der Waals surface area contributed by atoms with Crippen molar-refractivity contribution in [3.05, 3.63) is 0 Å². The number of aliphatic hydroxyl groups excluding tert-OH is 1. The standard InChI is InChI=1S/C15H32O4S.Na/c1-2-3-4-5-6-7-8-9-10-11-12-14-19-20(17,18)15-13-16;/h16H,2-15H2,1H3;. The molecule has 0 unspecified atom stereocenters. The average Bonchev–Trinajstić information content (AvgIpc) is 2.40. The summed E-state index contributed by atoms with van der Waals surface area (Å²) in [5.74, 6) is -0.301. The Kier molecular flexibility index (Phi) is 19.8. The van der Waals surface area contributed by atoms with Gasteiger partial charge in [0.05, 0.1) is 19.0 Å². The van der Waals surface area contributed by atoms with Crippen molar-refractivity contribution >= 4 is 39.7 Å². The Bertz CT molecular complexity index is 294. The summed E-state index contributed by atoms with van der Waals surface area (Å²) in [4.78, 5) is 0. The molecule has 1 N–H and O–H groups in total. The number of hydrogen-bond donors (Lipinski definition) is 1. The van der Waals surface area contributed by atoms with Crippen LogP contribution in [-0.2, 0) is 14.3 Å². The second kappa shape index (κ2) is 17.2. The first-order valence-electron chi connectivity index (χ1n) is 8.10. The van der Waals surface area contributed by atoms with Crippen LogP contribution in [0.2, 0.25) is 0 Å². The van der Waals surface area contributed by atoms with Crippen LogP contribution in [0.4, 0.5) is 0 Å². The van der Waals surface area contributed by atoms with E-state index in [4.69, 9.17) is 9.29 Å². The summed E-state index contributed by atoms with van der Waals surface area (Å²) >= 11 is 0. The third kappa shape index (κ3) is 18.8. The fraction of sp³-hybridized carbons (Fsp3) is 1.00. The molecule has 21 heavy (non-hydrogen) atoms. The van der Waals surface area contributed by atoms with Crippen molar-refractivity contribution in [3.63, 3.8) is 0 Å². The van der Waals surface area contributed by atoms with Gasteiger partial charge in [0, 0.05) is 29.6 Å². The number of rotatable bonds is 15. The summed E-state index contributed by atoms with van der Waals surface area (Å²) in [5.41, 5.74) is 0. The van der Waals surface area contributed by atoms with Crippen molar-refractivity contribution in [1.29, 1.82) is 0 Å². The Hall–Kier alpha value is 0.870. The third-order valence-corrected chi connectivity index (χ3v) is 4.56. The van der Waals surface area contributed by atoms with Crippen LogP contribution in [0.5, 0.6) is 0 Å². The Balaban J connectivity index is 0. The fourth-order valence-corrected chi connectivity index (χ4v) is 2.84. The monoisotopic (exact) mass is 331 g/mol. The molecule has 0 saturated heterocycles. The predicted octanol–water partition coefficient (Wildman–Crippen LogP) is 3.26. The zero-order valence-electron chi connectivity index (χ0n) is 14.0.